The van der Waals surface area contributed by atoms with E-state index in [9.17, 15) is 13.2 Å². The van der Waals surface area contributed by atoms with Crippen LogP contribution in [0.4, 0.5) is 0 Å². The Morgan fingerprint density at radius 3 is 2.30 bits per heavy atom. The third-order valence-electron chi connectivity index (χ3n) is 3.87. The van der Waals surface area contributed by atoms with Gasteiger partial charge in [0.2, 0.25) is 10.0 Å². The van der Waals surface area contributed by atoms with Crippen molar-refractivity contribution in [1.82, 2.24) is 4.31 Å². The van der Waals surface area contributed by atoms with Crippen molar-refractivity contribution in [1.29, 1.82) is 0 Å². The van der Waals surface area contributed by atoms with Crippen LogP contribution in [0.3, 0.4) is 0 Å². The van der Waals surface area contributed by atoms with E-state index in [-0.39, 0.29) is 17.2 Å². The molecule has 0 aromatic heterocycles. The van der Waals surface area contributed by atoms with E-state index in [2.05, 4.69) is 0 Å². The molecule has 0 bridgehead atoms. The van der Waals surface area contributed by atoms with E-state index in [4.69, 9.17) is 0 Å². The monoisotopic (exact) mass is 327 g/mol. The Kier molecular flexibility index (Phi) is 4.15. The van der Waals surface area contributed by atoms with E-state index in [1.807, 2.05) is 13.0 Å². The summed E-state index contributed by atoms with van der Waals surface area (Å²) in [5.41, 5.74) is 1.66. The number of aryl methyl sites for hydroxylation is 1. The minimum atomic E-state index is -3.75. The quantitative estimate of drug-likeness (QED) is 0.871. The van der Waals surface area contributed by atoms with Crippen molar-refractivity contribution in [3.63, 3.8) is 0 Å². The molecule has 1 aliphatic rings. The van der Waals surface area contributed by atoms with Gasteiger partial charge in [0, 0.05) is 6.54 Å². The molecule has 0 amide bonds. The molecule has 2 aromatic rings. The van der Waals surface area contributed by atoms with Crippen molar-refractivity contribution in [2.45, 2.75) is 17.9 Å². The molecular formula is C18H17NO3S. The number of ketones is 1. The molecule has 1 heterocycles. The number of hydrogen-bond donors (Lipinski definition) is 0. The third-order valence-corrected chi connectivity index (χ3v) is 5.71. The van der Waals surface area contributed by atoms with Crippen LogP contribution in [0.25, 0.3) is 0 Å². The molecule has 1 aliphatic heterocycles. The lowest BCUT2D eigenvalue weighted by Gasteiger charge is -2.31. The lowest BCUT2D eigenvalue weighted by atomic mass is 10.0. The van der Waals surface area contributed by atoms with E-state index in [1.165, 1.54) is 10.4 Å². The summed E-state index contributed by atoms with van der Waals surface area (Å²) in [4.78, 5) is 12.5. The van der Waals surface area contributed by atoms with Gasteiger partial charge in [0.15, 0.2) is 5.78 Å². The van der Waals surface area contributed by atoms with Gasteiger partial charge in [-0.3, -0.25) is 4.79 Å². The SMILES string of the molecule is Cc1ccc(S(=O)(=O)N2CC=CC(=O)[C@@H]2c2ccccc2)cc1. The van der Waals surface area contributed by atoms with Crippen LogP contribution in [-0.2, 0) is 14.8 Å². The standard InChI is InChI=1S/C18H17NO3S/c1-14-9-11-16(12-10-14)23(21,22)19-13-5-8-17(20)18(19)15-6-3-2-4-7-15/h2-12,18H,13H2,1H3/t18-/m0/s1. The summed E-state index contributed by atoms with van der Waals surface area (Å²) in [6.45, 7) is 2.08. The Labute approximate surface area is 136 Å². The van der Waals surface area contributed by atoms with E-state index < -0.39 is 16.1 Å². The lowest BCUT2D eigenvalue weighted by Crippen LogP contribution is -2.40. The van der Waals surface area contributed by atoms with Gasteiger partial charge in [-0.2, -0.15) is 4.31 Å². The Morgan fingerprint density at radius 2 is 1.65 bits per heavy atom. The zero-order valence-corrected chi connectivity index (χ0v) is 13.5. The summed E-state index contributed by atoms with van der Waals surface area (Å²) in [5.74, 6) is -0.224. The van der Waals surface area contributed by atoms with E-state index in [0.29, 0.717) is 5.56 Å². The number of benzene rings is 2. The van der Waals surface area contributed by atoms with Crippen LogP contribution in [0.15, 0.2) is 71.6 Å². The summed E-state index contributed by atoms with van der Waals surface area (Å²) in [5, 5.41) is 0. The van der Waals surface area contributed by atoms with Gasteiger partial charge in [-0.25, -0.2) is 8.42 Å². The predicted molar refractivity (Wildman–Crippen MR) is 88.4 cm³/mol. The minimum Gasteiger partial charge on any atom is -0.293 e. The van der Waals surface area contributed by atoms with Gasteiger partial charge in [0.05, 0.1) is 4.90 Å². The fourth-order valence-corrected chi connectivity index (χ4v) is 4.20. The second-order valence-corrected chi connectivity index (χ2v) is 7.40. The first-order chi connectivity index (χ1) is 11.0. The molecule has 0 N–H and O–H groups in total. The molecule has 0 radical (unpaired) electrons. The molecule has 0 fully saturated rings. The van der Waals surface area contributed by atoms with Crippen LogP contribution >= 0.6 is 0 Å². The molecule has 1 atom stereocenters. The van der Waals surface area contributed by atoms with Crippen LogP contribution in [-0.4, -0.2) is 25.1 Å². The van der Waals surface area contributed by atoms with Crippen molar-refractivity contribution < 1.29 is 13.2 Å². The van der Waals surface area contributed by atoms with Crippen molar-refractivity contribution in [3.05, 3.63) is 77.9 Å². The molecule has 23 heavy (non-hydrogen) atoms. The van der Waals surface area contributed by atoms with Crippen molar-refractivity contribution in [3.8, 4) is 0 Å². The van der Waals surface area contributed by atoms with E-state index >= 15 is 0 Å². The summed E-state index contributed by atoms with van der Waals surface area (Å²) in [6, 6.07) is 14.9. The topological polar surface area (TPSA) is 54.5 Å². The minimum absolute atomic E-state index is 0.182. The second-order valence-electron chi connectivity index (χ2n) is 5.51. The van der Waals surface area contributed by atoms with Gasteiger partial charge in [0.1, 0.15) is 6.04 Å². The second kappa shape index (κ2) is 6.10. The highest BCUT2D eigenvalue weighted by Gasteiger charge is 2.37. The summed E-state index contributed by atoms with van der Waals surface area (Å²) in [6.07, 6.45) is 3.05. The first kappa shape index (κ1) is 15.6. The average Bonchev–Trinajstić information content (AvgIpc) is 2.56. The van der Waals surface area contributed by atoms with E-state index in [0.717, 1.165) is 5.56 Å². The lowest BCUT2D eigenvalue weighted by molar-refractivity contribution is -0.118. The zero-order chi connectivity index (χ0) is 16.4. The Balaban J connectivity index is 2.07. The average molecular weight is 327 g/mol. The molecule has 5 heteroatoms. The fraction of sp³-hybridized carbons (Fsp3) is 0.167. The highest BCUT2D eigenvalue weighted by atomic mass is 32.2. The molecule has 4 nitrogen and oxygen atoms in total. The van der Waals surface area contributed by atoms with Crippen LogP contribution in [0.5, 0.6) is 0 Å². The van der Waals surface area contributed by atoms with Gasteiger partial charge in [-0.15, -0.1) is 0 Å². The molecule has 118 valence electrons. The van der Waals surface area contributed by atoms with Gasteiger partial charge >= 0.3 is 0 Å². The normalized spacial score (nSPS) is 19.0. The largest absolute Gasteiger partial charge is 0.293 e. The summed E-state index contributed by atoms with van der Waals surface area (Å²) < 4.78 is 27.2. The van der Waals surface area contributed by atoms with Crippen molar-refractivity contribution in [2.24, 2.45) is 0 Å². The highest BCUT2D eigenvalue weighted by molar-refractivity contribution is 7.89. The van der Waals surface area contributed by atoms with Gasteiger partial charge in [-0.05, 0) is 30.7 Å². The van der Waals surface area contributed by atoms with Crippen LogP contribution in [0, 0.1) is 6.92 Å². The summed E-state index contributed by atoms with van der Waals surface area (Å²) >= 11 is 0. The first-order valence-electron chi connectivity index (χ1n) is 7.34. The predicted octanol–water partition coefficient (Wildman–Crippen LogP) is 2.87. The van der Waals surface area contributed by atoms with Gasteiger partial charge in [0.25, 0.3) is 0 Å². The number of hydrogen-bond acceptors (Lipinski definition) is 3. The van der Waals surface area contributed by atoms with Crippen LogP contribution in [0.1, 0.15) is 17.2 Å². The van der Waals surface area contributed by atoms with Crippen LogP contribution in [0.2, 0.25) is 0 Å². The van der Waals surface area contributed by atoms with Crippen molar-refractivity contribution in [2.75, 3.05) is 6.54 Å². The van der Waals surface area contributed by atoms with E-state index in [1.54, 1.807) is 54.6 Å². The Morgan fingerprint density at radius 1 is 1.00 bits per heavy atom. The van der Waals surface area contributed by atoms with Crippen molar-refractivity contribution >= 4 is 15.8 Å². The van der Waals surface area contributed by atoms with Gasteiger partial charge in [-0.1, -0.05) is 54.1 Å². The molecular weight excluding hydrogens is 310 g/mol. The highest BCUT2D eigenvalue weighted by Crippen LogP contribution is 2.31. The number of sulfonamides is 1. The molecule has 0 saturated carbocycles. The number of nitrogens with zero attached hydrogens (tertiary/aromatic N) is 1. The number of carbonyl (C=O) groups excluding carboxylic acids is 1. The number of carbonyl (C=O) groups is 1. The molecule has 3 rings (SSSR count). The molecule has 0 unspecified atom stereocenters. The third kappa shape index (κ3) is 2.98. The maximum Gasteiger partial charge on any atom is 0.244 e. The number of rotatable bonds is 3. The van der Waals surface area contributed by atoms with Gasteiger partial charge < -0.3 is 0 Å². The molecule has 0 aliphatic carbocycles. The molecule has 0 spiro atoms. The fourth-order valence-electron chi connectivity index (χ4n) is 2.66. The zero-order valence-electron chi connectivity index (χ0n) is 12.7. The smallest absolute Gasteiger partial charge is 0.244 e. The molecule has 0 saturated heterocycles. The Bertz CT molecular complexity index is 840. The molecule has 2 aromatic carbocycles. The maximum absolute atomic E-state index is 13.0. The summed E-state index contributed by atoms with van der Waals surface area (Å²) in [7, 11) is -3.75. The first-order valence-corrected chi connectivity index (χ1v) is 8.78. The van der Waals surface area contributed by atoms with Crippen LogP contribution < -0.4 is 0 Å². The Hall–Kier alpha value is -2.24. The maximum atomic E-state index is 13.0.